The number of rotatable bonds is 6. The smallest absolute Gasteiger partial charge is 0.224 e. The van der Waals surface area contributed by atoms with Crippen molar-refractivity contribution in [2.75, 3.05) is 5.73 Å². The lowest BCUT2D eigenvalue weighted by atomic mass is 9.92. The molecule has 1 fully saturated rings. The van der Waals surface area contributed by atoms with Crippen LogP contribution in [-0.2, 0) is 4.79 Å². The van der Waals surface area contributed by atoms with E-state index in [0.29, 0.717) is 0 Å². The third kappa shape index (κ3) is 4.45. The fourth-order valence-electron chi connectivity index (χ4n) is 4.27. The number of nitrogens with zero attached hydrogens (tertiary/aromatic N) is 1. The van der Waals surface area contributed by atoms with E-state index in [1.165, 1.54) is 22.3 Å². The molecule has 32 heavy (non-hydrogen) atoms. The Balaban J connectivity index is 1.55. The molecule has 2 aromatic carbocycles. The van der Waals surface area contributed by atoms with Crippen molar-refractivity contribution >= 4 is 17.2 Å². The molecule has 1 saturated carbocycles. The van der Waals surface area contributed by atoms with Gasteiger partial charge in [0.05, 0.1) is 6.04 Å². The molecule has 3 aromatic rings. The van der Waals surface area contributed by atoms with Crippen molar-refractivity contribution in [1.82, 2.24) is 10.3 Å². The van der Waals surface area contributed by atoms with Crippen LogP contribution in [0.1, 0.15) is 61.4 Å². The predicted molar refractivity (Wildman–Crippen MR) is 132 cm³/mol. The van der Waals surface area contributed by atoms with Gasteiger partial charge in [-0.2, -0.15) is 0 Å². The number of hydrogen-bond donors (Lipinski definition) is 2. The SMILES string of the molecule is C/C=C(\C)c1ccc(C2CC2C(=O)N[C@H](C)c2ccc(N)c(C)c2)c(-c2ccncc2)c1. The summed E-state index contributed by atoms with van der Waals surface area (Å²) in [6, 6.07) is 16.6. The molecular formula is C28H31N3O. The van der Waals surface area contributed by atoms with Crippen molar-refractivity contribution in [1.29, 1.82) is 0 Å². The number of aromatic nitrogens is 1. The highest BCUT2D eigenvalue weighted by atomic mass is 16.2. The third-order valence-corrected chi connectivity index (χ3v) is 6.61. The molecule has 0 spiro atoms. The van der Waals surface area contributed by atoms with E-state index in [4.69, 9.17) is 5.73 Å². The van der Waals surface area contributed by atoms with E-state index in [2.05, 4.69) is 54.5 Å². The molecule has 1 aromatic heterocycles. The fourth-order valence-corrected chi connectivity index (χ4v) is 4.27. The fraction of sp³-hybridized carbons (Fsp3) is 0.286. The maximum atomic E-state index is 13.0. The van der Waals surface area contributed by atoms with Crippen LogP contribution in [0.4, 0.5) is 5.69 Å². The first-order valence-electron chi connectivity index (χ1n) is 11.2. The summed E-state index contributed by atoms with van der Waals surface area (Å²) < 4.78 is 0. The minimum Gasteiger partial charge on any atom is -0.399 e. The summed E-state index contributed by atoms with van der Waals surface area (Å²) in [4.78, 5) is 17.2. The van der Waals surface area contributed by atoms with E-state index in [1.807, 2.05) is 50.5 Å². The Hall–Kier alpha value is -3.40. The van der Waals surface area contributed by atoms with Crippen molar-refractivity contribution in [2.45, 2.75) is 46.1 Å². The standard InChI is InChI=1S/C28H31N3O/c1-5-17(2)21-6-8-23(24(15-21)20-10-12-30-13-11-20)25-16-26(25)28(32)31-19(4)22-7-9-27(29)18(3)14-22/h5-15,19,25-26H,16,29H2,1-4H3,(H,31,32)/b17-5+/t19-,25?,26?/m1/s1. The lowest BCUT2D eigenvalue weighted by Gasteiger charge is -2.16. The topological polar surface area (TPSA) is 68.0 Å². The van der Waals surface area contributed by atoms with Gasteiger partial charge in [0.2, 0.25) is 5.91 Å². The molecule has 3 atom stereocenters. The first-order valence-corrected chi connectivity index (χ1v) is 11.2. The molecule has 4 nitrogen and oxygen atoms in total. The Morgan fingerprint density at radius 3 is 2.59 bits per heavy atom. The van der Waals surface area contributed by atoms with Crippen LogP contribution >= 0.6 is 0 Å². The van der Waals surface area contributed by atoms with Crippen LogP contribution in [0.15, 0.2) is 67.0 Å². The number of nitrogen functional groups attached to an aromatic ring is 1. The van der Waals surface area contributed by atoms with Gasteiger partial charge in [0.15, 0.2) is 0 Å². The molecule has 2 unspecified atom stereocenters. The van der Waals surface area contributed by atoms with Gasteiger partial charge in [0.1, 0.15) is 0 Å². The summed E-state index contributed by atoms with van der Waals surface area (Å²) in [7, 11) is 0. The summed E-state index contributed by atoms with van der Waals surface area (Å²) in [5.74, 6) is 0.353. The second-order valence-electron chi connectivity index (χ2n) is 8.80. The summed E-state index contributed by atoms with van der Waals surface area (Å²) in [6.45, 7) is 8.20. The van der Waals surface area contributed by atoms with E-state index >= 15 is 0 Å². The molecule has 164 valence electrons. The average Bonchev–Trinajstić information content (AvgIpc) is 3.61. The van der Waals surface area contributed by atoms with Gasteiger partial charge in [0, 0.05) is 24.0 Å². The molecule has 0 aliphatic heterocycles. The normalized spacial score (nSPS) is 18.8. The second-order valence-corrected chi connectivity index (χ2v) is 8.80. The van der Waals surface area contributed by atoms with Gasteiger partial charge < -0.3 is 11.1 Å². The molecule has 1 aliphatic carbocycles. The monoisotopic (exact) mass is 425 g/mol. The molecule has 1 aliphatic rings. The number of carbonyl (C=O) groups is 1. The summed E-state index contributed by atoms with van der Waals surface area (Å²) in [5, 5.41) is 3.20. The Morgan fingerprint density at radius 1 is 1.16 bits per heavy atom. The number of aryl methyl sites for hydroxylation is 1. The van der Waals surface area contributed by atoms with Gasteiger partial charge in [-0.3, -0.25) is 9.78 Å². The van der Waals surface area contributed by atoms with Crippen LogP contribution in [0.25, 0.3) is 16.7 Å². The van der Waals surface area contributed by atoms with Gasteiger partial charge in [0.25, 0.3) is 0 Å². The zero-order valence-corrected chi connectivity index (χ0v) is 19.2. The van der Waals surface area contributed by atoms with Crippen LogP contribution in [0, 0.1) is 12.8 Å². The van der Waals surface area contributed by atoms with E-state index in [1.54, 1.807) is 0 Å². The first-order chi connectivity index (χ1) is 15.4. The minimum atomic E-state index is -0.0533. The second kappa shape index (κ2) is 8.99. The highest BCUT2D eigenvalue weighted by Gasteiger charge is 2.45. The Labute approximate surface area is 190 Å². The highest BCUT2D eigenvalue weighted by Crippen LogP contribution is 2.51. The Morgan fingerprint density at radius 2 is 1.91 bits per heavy atom. The van der Waals surface area contributed by atoms with Gasteiger partial charge in [-0.25, -0.2) is 0 Å². The molecule has 0 saturated heterocycles. The van der Waals surface area contributed by atoms with Gasteiger partial charge >= 0.3 is 0 Å². The summed E-state index contributed by atoms with van der Waals surface area (Å²) in [5.41, 5.74) is 14.8. The van der Waals surface area contributed by atoms with Crippen molar-refractivity contribution in [3.8, 4) is 11.1 Å². The van der Waals surface area contributed by atoms with E-state index < -0.39 is 0 Å². The third-order valence-electron chi connectivity index (χ3n) is 6.61. The molecule has 1 amide bonds. The number of nitrogens with two attached hydrogens (primary N) is 1. The van der Waals surface area contributed by atoms with Crippen LogP contribution in [0.5, 0.6) is 0 Å². The zero-order chi connectivity index (χ0) is 22.8. The van der Waals surface area contributed by atoms with E-state index in [0.717, 1.165) is 28.8 Å². The van der Waals surface area contributed by atoms with Crippen molar-refractivity contribution in [2.24, 2.45) is 5.92 Å². The summed E-state index contributed by atoms with van der Waals surface area (Å²) in [6.07, 6.45) is 6.64. The number of allylic oxidation sites excluding steroid dienone is 2. The van der Waals surface area contributed by atoms with Crippen molar-refractivity contribution in [3.05, 3.63) is 89.3 Å². The number of benzene rings is 2. The largest absolute Gasteiger partial charge is 0.399 e. The van der Waals surface area contributed by atoms with Crippen LogP contribution in [0.2, 0.25) is 0 Å². The van der Waals surface area contributed by atoms with Crippen LogP contribution in [-0.4, -0.2) is 10.9 Å². The van der Waals surface area contributed by atoms with Crippen LogP contribution < -0.4 is 11.1 Å². The molecule has 0 radical (unpaired) electrons. The maximum absolute atomic E-state index is 13.0. The molecule has 4 rings (SSSR count). The molecule has 0 bridgehead atoms. The Bertz CT molecular complexity index is 1170. The number of anilines is 1. The summed E-state index contributed by atoms with van der Waals surface area (Å²) >= 11 is 0. The quantitative estimate of drug-likeness (QED) is 0.473. The van der Waals surface area contributed by atoms with E-state index in [9.17, 15) is 4.79 Å². The lowest BCUT2D eigenvalue weighted by Crippen LogP contribution is -2.28. The van der Waals surface area contributed by atoms with E-state index in [-0.39, 0.29) is 23.8 Å². The molecule has 3 N–H and O–H groups in total. The van der Waals surface area contributed by atoms with Crippen molar-refractivity contribution in [3.63, 3.8) is 0 Å². The molecule has 1 heterocycles. The number of amides is 1. The van der Waals surface area contributed by atoms with Crippen molar-refractivity contribution < 1.29 is 4.79 Å². The number of nitrogens with one attached hydrogen (secondary N) is 1. The highest BCUT2D eigenvalue weighted by molar-refractivity contribution is 5.85. The molecule has 4 heteroatoms. The number of pyridine rings is 1. The minimum absolute atomic E-state index is 0.00146. The Kier molecular flexibility index (Phi) is 6.13. The number of hydrogen-bond acceptors (Lipinski definition) is 3. The average molecular weight is 426 g/mol. The van der Waals surface area contributed by atoms with Gasteiger partial charge in [-0.1, -0.05) is 30.3 Å². The molecular weight excluding hydrogens is 394 g/mol. The lowest BCUT2D eigenvalue weighted by molar-refractivity contribution is -0.123. The zero-order valence-electron chi connectivity index (χ0n) is 19.2. The maximum Gasteiger partial charge on any atom is 0.224 e. The van der Waals surface area contributed by atoms with Gasteiger partial charge in [-0.15, -0.1) is 0 Å². The number of carbonyl (C=O) groups excluding carboxylic acids is 1. The first kappa shape index (κ1) is 21.8. The van der Waals surface area contributed by atoms with Crippen LogP contribution in [0.3, 0.4) is 0 Å². The predicted octanol–water partition coefficient (Wildman–Crippen LogP) is 6.04. The van der Waals surface area contributed by atoms with Gasteiger partial charge in [-0.05, 0) is 103 Å².